The smallest absolute Gasteiger partial charge is 0.131 e. The second-order valence-electron chi connectivity index (χ2n) is 4.53. The molecule has 0 aliphatic heterocycles. The highest BCUT2D eigenvalue weighted by Gasteiger charge is 2.31. The quantitative estimate of drug-likeness (QED) is 0.517. The van der Waals surface area contributed by atoms with Crippen molar-refractivity contribution in [2.75, 3.05) is 0 Å². The molecule has 0 amide bonds. The molecule has 3 aromatic rings. The third-order valence-corrected chi connectivity index (χ3v) is 4.26. The topological polar surface area (TPSA) is 83.8 Å². The van der Waals surface area contributed by atoms with Gasteiger partial charge in [-0.05, 0) is 39.2 Å². The Morgan fingerprint density at radius 2 is 1.43 bits per heavy atom. The van der Waals surface area contributed by atoms with E-state index in [2.05, 4.69) is 65.5 Å². The standard InChI is InChI=1S/C16H12.O5P2/c1-2-12-8-5-9-15-10-13-6-3-4-7-14(13)11-16(12)15;1-6(2)5-7(3)4/h2-11H,1H2;/p+2. The second-order valence-corrected chi connectivity index (χ2v) is 6.13. The Balaban J connectivity index is 0.000000236. The fourth-order valence-electron chi connectivity index (χ4n) is 2.23. The molecule has 0 radical (unpaired) electrons. The molecule has 0 aliphatic carbocycles. The lowest BCUT2D eigenvalue weighted by Crippen LogP contribution is -1.79. The first-order valence-electron chi connectivity index (χ1n) is 6.55. The van der Waals surface area contributed by atoms with Gasteiger partial charge in [-0.2, -0.15) is 0 Å². The van der Waals surface area contributed by atoms with Crippen LogP contribution in [-0.4, -0.2) is 9.79 Å². The Labute approximate surface area is 134 Å². The molecule has 0 spiro atoms. The van der Waals surface area contributed by atoms with Crippen LogP contribution in [0.3, 0.4) is 0 Å². The molecule has 7 heteroatoms. The van der Waals surface area contributed by atoms with E-state index in [1.54, 1.807) is 0 Å². The first-order chi connectivity index (χ1) is 11.0. The van der Waals surface area contributed by atoms with Gasteiger partial charge in [0.25, 0.3) is 0 Å². The Bertz CT molecular complexity index is 880. The van der Waals surface area contributed by atoms with Crippen LogP contribution in [0.2, 0.25) is 0 Å². The van der Waals surface area contributed by atoms with Gasteiger partial charge < -0.3 is 0 Å². The molecule has 0 aliphatic rings. The van der Waals surface area contributed by atoms with Crippen molar-refractivity contribution in [3.63, 3.8) is 0 Å². The molecule has 0 fully saturated rings. The highest BCUT2D eigenvalue weighted by molar-refractivity contribution is 7.46. The summed E-state index contributed by atoms with van der Waals surface area (Å²) >= 11 is 0. The Morgan fingerprint density at radius 1 is 0.870 bits per heavy atom. The van der Waals surface area contributed by atoms with Crippen LogP contribution in [-0.2, 0) is 13.4 Å². The van der Waals surface area contributed by atoms with Gasteiger partial charge in [-0.15, -0.1) is 9.79 Å². The van der Waals surface area contributed by atoms with E-state index < -0.39 is 16.5 Å². The van der Waals surface area contributed by atoms with Crippen molar-refractivity contribution in [1.29, 1.82) is 0 Å². The van der Waals surface area contributed by atoms with Crippen molar-refractivity contribution < 1.29 is 23.2 Å². The van der Waals surface area contributed by atoms with E-state index in [1.807, 2.05) is 6.08 Å². The van der Waals surface area contributed by atoms with Crippen LogP contribution in [0.25, 0.3) is 27.6 Å². The van der Waals surface area contributed by atoms with Crippen molar-refractivity contribution in [2.45, 2.75) is 0 Å². The molecule has 0 aromatic heterocycles. The molecule has 116 valence electrons. The number of benzene rings is 3. The van der Waals surface area contributed by atoms with Gasteiger partial charge in [0.1, 0.15) is 0 Å². The molecular weight excluding hydrogens is 334 g/mol. The van der Waals surface area contributed by atoms with E-state index in [9.17, 15) is 9.13 Å². The first kappa shape index (κ1) is 17.4. The minimum atomic E-state index is -2.92. The minimum absolute atomic E-state index is 1.20. The molecule has 0 heterocycles. The molecule has 0 bridgehead atoms. The van der Waals surface area contributed by atoms with Gasteiger partial charge in [0.15, 0.2) is 4.31 Å². The van der Waals surface area contributed by atoms with Gasteiger partial charge in [0.2, 0.25) is 0 Å². The van der Waals surface area contributed by atoms with Gasteiger partial charge in [0.05, 0.1) is 0 Å². The van der Waals surface area contributed by atoms with Gasteiger partial charge in [0, 0.05) is 9.13 Å². The highest BCUT2D eigenvalue weighted by Crippen LogP contribution is 2.30. The monoisotopic (exact) mass is 348 g/mol. The van der Waals surface area contributed by atoms with Gasteiger partial charge in [-0.25, -0.2) is 0 Å². The maximum absolute atomic E-state index is 9.39. The van der Waals surface area contributed by atoms with Crippen LogP contribution < -0.4 is 0 Å². The number of rotatable bonds is 3. The highest BCUT2D eigenvalue weighted by atomic mass is 31.2. The zero-order valence-corrected chi connectivity index (χ0v) is 13.8. The Kier molecular flexibility index (Phi) is 6.05. The molecular formula is C16H14O5P2+2. The largest absolute Gasteiger partial charge is 0.745 e. The van der Waals surface area contributed by atoms with Gasteiger partial charge in [-0.3, -0.25) is 0 Å². The van der Waals surface area contributed by atoms with Crippen molar-refractivity contribution in [3.8, 4) is 0 Å². The number of fused-ring (bicyclic) bond motifs is 2. The zero-order valence-electron chi connectivity index (χ0n) is 12.0. The molecule has 3 rings (SSSR count). The average molecular weight is 348 g/mol. The van der Waals surface area contributed by atoms with Crippen LogP contribution in [0, 0.1) is 0 Å². The summed E-state index contributed by atoms with van der Waals surface area (Å²) in [6.45, 7) is 3.86. The second kappa shape index (κ2) is 8.02. The molecule has 2 N–H and O–H groups in total. The van der Waals surface area contributed by atoms with Crippen LogP contribution in [0.15, 0.2) is 61.2 Å². The van der Waals surface area contributed by atoms with Gasteiger partial charge >= 0.3 is 16.5 Å². The summed E-state index contributed by atoms with van der Waals surface area (Å²) in [5, 5.41) is 5.12. The Hall–Kier alpha value is -2.00. The van der Waals surface area contributed by atoms with Gasteiger partial charge in [-0.1, -0.05) is 55.1 Å². The number of hydrogen-bond donors (Lipinski definition) is 2. The Morgan fingerprint density at radius 3 is 1.96 bits per heavy atom. The van der Waals surface area contributed by atoms with E-state index in [1.165, 1.54) is 27.1 Å². The lowest BCUT2D eigenvalue weighted by atomic mass is 10.00. The minimum Gasteiger partial charge on any atom is -0.131 e. The summed E-state index contributed by atoms with van der Waals surface area (Å²) in [7, 11) is -5.85. The normalized spacial score (nSPS) is 11.6. The molecule has 5 nitrogen and oxygen atoms in total. The third-order valence-electron chi connectivity index (χ3n) is 3.14. The van der Waals surface area contributed by atoms with E-state index in [0.717, 1.165) is 0 Å². The summed E-state index contributed by atoms with van der Waals surface area (Å²) in [6, 6.07) is 19.2. The molecule has 0 saturated heterocycles. The summed E-state index contributed by atoms with van der Waals surface area (Å²) in [6.07, 6.45) is 1.91. The number of hydrogen-bond acceptors (Lipinski definition) is 3. The van der Waals surface area contributed by atoms with E-state index in [-0.39, 0.29) is 0 Å². The zero-order chi connectivity index (χ0) is 16.8. The maximum Gasteiger partial charge on any atom is 0.745 e. The van der Waals surface area contributed by atoms with Crippen LogP contribution in [0.4, 0.5) is 0 Å². The molecule has 2 atom stereocenters. The predicted molar refractivity (Wildman–Crippen MR) is 92.3 cm³/mol. The fourth-order valence-corrected chi connectivity index (χ4v) is 2.71. The predicted octanol–water partition coefficient (Wildman–Crippen LogP) is 4.94. The lowest BCUT2D eigenvalue weighted by molar-refractivity contribution is 0.371. The van der Waals surface area contributed by atoms with Crippen molar-refractivity contribution >= 4 is 44.1 Å². The van der Waals surface area contributed by atoms with Crippen LogP contribution >= 0.6 is 16.5 Å². The fraction of sp³-hybridized carbons (Fsp3) is 0. The van der Waals surface area contributed by atoms with E-state index >= 15 is 0 Å². The SMILES string of the molecule is C=Cc1cccc2cc3ccccc3cc12.O=[P+](O)O[P+](=O)O. The van der Waals surface area contributed by atoms with Crippen LogP contribution in [0.1, 0.15) is 5.56 Å². The van der Waals surface area contributed by atoms with E-state index in [0.29, 0.717) is 0 Å². The maximum atomic E-state index is 9.39. The summed E-state index contributed by atoms with van der Waals surface area (Å²) in [4.78, 5) is 15.3. The lowest BCUT2D eigenvalue weighted by Gasteiger charge is -2.04. The summed E-state index contributed by atoms with van der Waals surface area (Å²) < 4.78 is 22.2. The molecule has 0 saturated carbocycles. The molecule has 3 aromatic carbocycles. The third kappa shape index (κ3) is 4.73. The summed E-state index contributed by atoms with van der Waals surface area (Å²) in [5.41, 5.74) is 1.20. The van der Waals surface area contributed by atoms with E-state index in [4.69, 9.17) is 9.79 Å². The van der Waals surface area contributed by atoms with Crippen LogP contribution in [0.5, 0.6) is 0 Å². The van der Waals surface area contributed by atoms with Crippen molar-refractivity contribution in [2.24, 2.45) is 0 Å². The average Bonchev–Trinajstić information content (AvgIpc) is 2.51. The first-order valence-corrected chi connectivity index (χ1v) is 8.81. The molecule has 23 heavy (non-hydrogen) atoms. The molecule has 2 unspecified atom stereocenters. The van der Waals surface area contributed by atoms with Crippen molar-refractivity contribution in [1.82, 2.24) is 0 Å². The summed E-state index contributed by atoms with van der Waals surface area (Å²) in [5.74, 6) is 0. The van der Waals surface area contributed by atoms with Crippen molar-refractivity contribution in [3.05, 3.63) is 66.7 Å².